The molecule has 0 amide bonds. The first-order valence-corrected chi connectivity index (χ1v) is 5.03. The van der Waals surface area contributed by atoms with E-state index in [0.29, 0.717) is 6.04 Å². The van der Waals surface area contributed by atoms with E-state index in [1.165, 1.54) is 18.5 Å². The van der Waals surface area contributed by atoms with E-state index >= 15 is 0 Å². The van der Waals surface area contributed by atoms with Crippen LogP contribution in [0, 0.1) is 0 Å². The topological polar surface area (TPSA) is 40.7 Å². The lowest BCUT2D eigenvalue weighted by Gasteiger charge is -2.11. The molecule has 0 saturated heterocycles. The smallest absolute Gasteiger partial charge is 0.0921 e. The van der Waals surface area contributed by atoms with Gasteiger partial charge in [-0.3, -0.25) is 0 Å². The van der Waals surface area contributed by atoms with E-state index in [4.69, 9.17) is 0 Å². The molecule has 0 aliphatic rings. The molecule has 3 nitrogen and oxygen atoms in total. The summed E-state index contributed by atoms with van der Waals surface area (Å²) in [4.78, 5) is 7.06. The second kappa shape index (κ2) is 5.75. The molecule has 1 rings (SSSR count). The molecule has 1 unspecified atom stereocenters. The number of hydrogen-bond donors (Lipinski definition) is 2. The van der Waals surface area contributed by atoms with Crippen LogP contribution < -0.4 is 5.32 Å². The zero-order valence-corrected chi connectivity index (χ0v) is 8.51. The van der Waals surface area contributed by atoms with Gasteiger partial charge in [-0.1, -0.05) is 13.3 Å². The van der Waals surface area contributed by atoms with Crippen molar-refractivity contribution in [3.05, 3.63) is 18.2 Å². The Morgan fingerprint density at radius 1 is 1.62 bits per heavy atom. The zero-order chi connectivity index (χ0) is 9.52. The van der Waals surface area contributed by atoms with E-state index in [1.54, 1.807) is 6.33 Å². The fourth-order valence-corrected chi connectivity index (χ4v) is 1.41. The SMILES string of the molecule is CCCC(C)NCCc1cnc[nH]1. The van der Waals surface area contributed by atoms with Crippen molar-refractivity contribution >= 4 is 0 Å². The van der Waals surface area contributed by atoms with Crippen LogP contribution in [0.25, 0.3) is 0 Å². The highest BCUT2D eigenvalue weighted by molar-refractivity contribution is 4.94. The molecule has 3 heteroatoms. The average molecular weight is 181 g/mol. The van der Waals surface area contributed by atoms with Crippen LogP contribution in [0.4, 0.5) is 0 Å². The number of aromatic nitrogens is 2. The van der Waals surface area contributed by atoms with Gasteiger partial charge in [-0.15, -0.1) is 0 Å². The van der Waals surface area contributed by atoms with Crippen molar-refractivity contribution in [2.75, 3.05) is 6.54 Å². The molecule has 0 aromatic carbocycles. The predicted molar refractivity (Wildman–Crippen MR) is 54.7 cm³/mol. The number of H-pyrrole nitrogens is 1. The van der Waals surface area contributed by atoms with E-state index in [0.717, 1.165) is 13.0 Å². The van der Waals surface area contributed by atoms with Crippen LogP contribution in [0.3, 0.4) is 0 Å². The minimum Gasteiger partial charge on any atom is -0.348 e. The molecular weight excluding hydrogens is 162 g/mol. The number of nitrogens with one attached hydrogen (secondary N) is 2. The van der Waals surface area contributed by atoms with Gasteiger partial charge in [-0.25, -0.2) is 4.98 Å². The van der Waals surface area contributed by atoms with Crippen LogP contribution in [0.1, 0.15) is 32.4 Å². The molecule has 0 aliphatic carbocycles. The summed E-state index contributed by atoms with van der Waals surface area (Å²) in [6.07, 6.45) is 7.15. The number of hydrogen-bond acceptors (Lipinski definition) is 2. The molecule has 2 N–H and O–H groups in total. The van der Waals surface area contributed by atoms with Gasteiger partial charge in [-0.05, 0) is 13.3 Å². The summed E-state index contributed by atoms with van der Waals surface area (Å²) in [5.41, 5.74) is 1.20. The van der Waals surface area contributed by atoms with Gasteiger partial charge in [0, 0.05) is 30.9 Å². The Morgan fingerprint density at radius 3 is 3.08 bits per heavy atom. The quantitative estimate of drug-likeness (QED) is 0.701. The highest BCUT2D eigenvalue weighted by atomic mass is 14.9. The maximum Gasteiger partial charge on any atom is 0.0921 e. The van der Waals surface area contributed by atoms with Crippen molar-refractivity contribution in [2.45, 2.75) is 39.2 Å². The van der Waals surface area contributed by atoms with Crippen molar-refractivity contribution in [3.8, 4) is 0 Å². The highest BCUT2D eigenvalue weighted by Gasteiger charge is 1.99. The minimum atomic E-state index is 0.632. The summed E-state index contributed by atoms with van der Waals surface area (Å²) < 4.78 is 0. The Bertz CT molecular complexity index is 206. The number of aromatic amines is 1. The van der Waals surface area contributed by atoms with Crippen LogP contribution in [0.15, 0.2) is 12.5 Å². The lowest BCUT2D eigenvalue weighted by atomic mass is 10.2. The van der Waals surface area contributed by atoms with Gasteiger partial charge >= 0.3 is 0 Å². The standard InChI is InChI=1S/C10H19N3/c1-3-4-9(2)12-6-5-10-7-11-8-13-10/h7-9,12H,3-6H2,1-2H3,(H,11,13). The second-order valence-corrected chi connectivity index (χ2v) is 3.47. The van der Waals surface area contributed by atoms with Gasteiger partial charge in [0.1, 0.15) is 0 Å². The molecule has 1 aromatic rings. The molecular formula is C10H19N3. The van der Waals surface area contributed by atoms with Crippen molar-refractivity contribution in [2.24, 2.45) is 0 Å². The molecule has 74 valence electrons. The Labute approximate surface area is 80.0 Å². The maximum absolute atomic E-state index is 3.97. The van der Waals surface area contributed by atoms with Crippen LogP contribution in [0.5, 0.6) is 0 Å². The van der Waals surface area contributed by atoms with Crippen LogP contribution in [0.2, 0.25) is 0 Å². The Hall–Kier alpha value is -0.830. The third-order valence-electron chi connectivity index (χ3n) is 2.16. The van der Waals surface area contributed by atoms with E-state index < -0.39 is 0 Å². The van der Waals surface area contributed by atoms with Gasteiger partial charge in [0.2, 0.25) is 0 Å². The molecule has 0 radical (unpaired) electrons. The number of nitrogens with zero attached hydrogens (tertiary/aromatic N) is 1. The normalized spacial score (nSPS) is 13.1. The third-order valence-corrected chi connectivity index (χ3v) is 2.16. The first-order valence-electron chi connectivity index (χ1n) is 5.03. The number of rotatable bonds is 6. The lowest BCUT2D eigenvalue weighted by Crippen LogP contribution is -2.27. The van der Waals surface area contributed by atoms with Gasteiger partial charge in [0.05, 0.1) is 6.33 Å². The second-order valence-electron chi connectivity index (χ2n) is 3.47. The zero-order valence-electron chi connectivity index (χ0n) is 8.51. The molecule has 1 aromatic heterocycles. The summed E-state index contributed by atoms with van der Waals surface area (Å²) >= 11 is 0. The average Bonchev–Trinajstić information content (AvgIpc) is 2.57. The molecule has 1 heterocycles. The van der Waals surface area contributed by atoms with Crippen LogP contribution in [-0.2, 0) is 6.42 Å². The fourth-order valence-electron chi connectivity index (χ4n) is 1.41. The summed E-state index contributed by atoms with van der Waals surface area (Å²) in [5.74, 6) is 0. The largest absolute Gasteiger partial charge is 0.348 e. The van der Waals surface area contributed by atoms with Crippen LogP contribution in [-0.4, -0.2) is 22.6 Å². The molecule has 1 atom stereocenters. The fraction of sp³-hybridized carbons (Fsp3) is 0.700. The van der Waals surface area contributed by atoms with E-state index in [9.17, 15) is 0 Å². The van der Waals surface area contributed by atoms with E-state index in [2.05, 4.69) is 29.1 Å². The predicted octanol–water partition coefficient (Wildman–Crippen LogP) is 1.73. The number of imidazole rings is 1. The van der Waals surface area contributed by atoms with Crippen LogP contribution >= 0.6 is 0 Å². The molecule has 0 fully saturated rings. The van der Waals surface area contributed by atoms with E-state index in [1.807, 2.05) is 6.20 Å². The van der Waals surface area contributed by atoms with Crippen molar-refractivity contribution in [1.82, 2.24) is 15.3 Å². The van der Waals surface area contributed by atoms with Gasteiger partial charge in [0.25, 0.3) is 0 Å². The van der Waals surface area contributed by atoms with Crippen molar-refractivity contribution in [3.63, 3.8) is 0 Å². The van der Waals surface area contributed by atoms with Gasteiger partial charge in [-0.2, -0.15) is 0 Å². The van der Waals surface area contributed by atoms with E-state index in [-0.39, 0.29) is 0 Å². The molecule has 0 bridgehead atoms. The van der Waals surface area contributed by atoms with Crippen molar-refractivity contribution in [1.29, 1.82) is 0 Å². The van der Waals surface area contributed by atoms with Gasteiger partial charge in [0.15, 0.2) is 0 Å². The first-order chi connectivity index (χ1) is 6.33. The monoisotopic (exact) mass is 181 g/mol. The summed E-state index contributed by atoms with van der Waals surface area (Å²) in [6.45, 7) is 5.48. The summed E-state index contributed by atoms with van der Waals surface area (Å²) in [5, 5.41) is 3.47. The molecule has 13 heavy (non-hydrogen) atoms. The molecule has 0 saturated carbocycles. The summed E-state index contributed by atoms with van der Waals surface area (Å²) in [6, 6.07) is 0.632. The lowest BCUT2D eigenvalue weighted by molar-refractivity contribution is 0.511. The molecule has 0 aliphatic heterocycles. The first kappa shape index (κ1) is 10.3. The third kappa shape index (κ3) is 4.08. The molecule has 0 spiro atoms. The van der Waals surface area contributed by atoms with Crippen molar-refractivity contribution < 1.29 is 0 Å². The Balaban J connectivity index is 2.07. The Kier molecular flexibility index (Phi) is 4.54. The Morgan fingerprint density at radius 2 is 2.46 bits per heavy atom. The highest BCUT2D eigenvalue weighted by Crippen LogP contribution is 1.96. The van der Waals surface area contributed by atoms with Gasteiger partial charge < -0.3 is 10.3 Å². The summed E-state index contributed by atoms with van der Waals surface area (Å²) in [7, 11) is 0. The maximum atomic E-state index is 3.97. The minimum absolute atomic E-state index is 0.632.